The molecule has 1 amide bonds. The van der Waals surface area contributed by atoms with Crippen LogP contribution in [0.25, 0.3) is 11.3 Å². The quantitative estimate of drug-likeness (QED) is 0.594. The van der Waals surface area contributed by atoms with Crippen molar-refractivity contribution in [2.75, 3.05) is 44.8 Å². The number of ether oxygens (including phenoxy) is 2. The Morgan fingerprint density at radius 3 is 2.47 bits per heavy atom. The number of nitrogens with zero attached hydrogens (tertiary/aromatic N) is 4. The second-order valence-corrected chi connectivity index (χ2v) is 7.86. The Morgan fingerprint density at radius 2 is 1.75 bits per heavy atom. The molecule has 1 aliphatic rings. The van der Waals surface area contributed by atoms with E-state index in [9.17, 15) is 4.79 Å². The number of carbonyl (C=O) groups is 1. The lowest BCUT2D eigenvalue weighted by atomic mass is 10.1. The van der Waals surface area contributed by atoms with Gasteiger partial charge in [-0.15, -0.1) is 10.2 Å². The summed E-state index contributed by atoms with van der Waals surface area (Å²) in [6, 6.07) is 17.6. The van der Waals surface area contributed by atoms with Crippen LogP contribution in [0.2, 0.25) is 0 Å². The van der Waals surface area contributed by atoms with Gasteiger partial charge in [0.25, 0.3) is 5.91 Å². The summed E-state index contributed by atoms with van der Waals surface area (Å²) < 4.78 is 11.1. The van der Waals surface area contributed by atoms with Gasteiger partial charge in [0, 0.05) is 31.7 Å². The van der Waals surface area contributed by atoms with E-state index in [-0.39, 0.29) is 12.5 Å². The minimum atomic E-state index is 0.00464. The van der Waals surface area contributed by atoms with Crippen molar-refractivity contribution in [2.45, 2.75) is 13.8 Å². The number of hydrogen-bond acceptors (Lipinski definition) is 6. The van der Waals surface area contributed by atoms with Gasteiger partial charge in [-0.25, -0.2) is 0 Å². The maximum Gasteiger partial charge on any atom is 0.260 e. The first kappa shape index (κ1) is 21.6. The van der Waals surface area contributed by atoms with Gasteiger partial charge >= 0.3 is 0 Å². The summed E-state index contributed by atoms with van der Waals surface area (Å²) in [5, 5.41) is 8.79. The van der Waals surface area contributed by atoms with Gasteiger partial charge < -0.3 is 19.3 Å². The van der Waals surface area contributed by atoms with E-state index in [1.54, 1.807) is 7.11 Å². The van der Waals surface area contributed by atoms with E-state index in [0.717, 1.165) is 39.7 Å². The second-order valence-electron chi connectivity index (χ2n) is 7.86. The van der Waals surface area contributed by atoms with Gasteiger partial charge in [-0.3, -0.25) is 4.79 Å². The third kappa shape index (κ3) is 4.82. The van der Waals surface area contributed by atoms with Crippen LogP contribution in [0.4, 0.5) is 5.82 Å². The highest BCUT2D eigenvalue weighted by atomic mass is 16.5. The van der Waals surface area contributed by atoms with E-state index in [1.807, 2.05) is 73.3 Å². The molecule has 2 aromatic carbocycles. The number of carbonyl (C=O) groups excluding carboxylic acids is 1. The van der Waals surface area contributed by atoms with Gasteiger partial charge in [0.05, 0.1) is 12.8 Å². The first-order chi connectivity index (χ1) is 15.5. The van der Waals surface area contributed by atoms with E-state index >= 15 is 0 Å². The fourth-order valence-corrected chi connectivity index (χ4v) is 3.73. The van der Waals surface area contributed by atoms with Crippen molar-refractivity contribution in [3.63, 3.8) is 0 Å². The first-order valence-corrected chi connectivity index (χ1v) is 10.7. The van der Waals surface area contributed by atoms with E-state index < -0.39 is 0 Å². The standard InChI is InChI=1S/C25H28N4O3/c1-18-6-4-9-23(19(18)2)32-17-25(30)29-14-12-28(13-15-29)24-11-10-22(26-27-24)20-7-5-8-21(16-20)31-3/h4-11,16H,12-15,17H2,1-3H3. The van der Waals surface area contributed by atoms with E-state index in [1.165, 1.54) is 0 Å². The number of aromatic nitrogens is 2. The fraction of sp³-hybridized carbons (Fsp3) is 0.320. The van der Waals surface area contributed by atoms with Crippen molar-refractivity contribution < 1.29 is 14.3 Å². The number of methoxy groups -OCH3 is 1. The summed E-state index contributed by atoms with van der Waals surface area (Å²) in [5.74, 6) is 2.37. The number of benzene rings is 2. The highest BCUT2D eigenvalue weighted by Crippen LogP contribution is 2.23. The Morgan fingerprint density at radius 1 is 0.969 bits per heavy atom. The van der Waals surface area contributed by atoms with Crippen molar-refractivity contribution in [2.24, 2.45) is 0 Å². The maximum atomic E-state index is 12.6. The second kappa shape index (κ2) is 9.68. The lowest BCUT2D eigenvalue weighted by Gasteiger charge is -2.35. The molecule has 0 unspecified atom stereocenters. The van der Waals surface area contributed by atoms with Crippen LogP contribution in [0.15, 0.2) is 54.6 Å². The predicted molar refractivity (Wildman–Crippen MR) is 124 cm³/mol. The maximum absolute atomic E-state index is 12.6. The molecule has 0 atom stereocenters. The molecule has 0 saturated carbocycles. The number of hydrogen-bond donors (Lipinski definition) is 0. The zero-order chi connectivity index (χ0) is 22.5. The monoisotopic (exact) mass is 432 g/mol. The van der Waals surface area contributed by atoms with Crippen LogP contribution >= 0.6 is 0 Å². The Kier molecular flexibility index (Phi) is 6.54. The van der Waals surface area contributed by atoms with Crippen molar-refractivity contribution >= 4 is 11.7 Å². The molecule has 0 aliphatic carbocycles. The number of anilines is 1. The molecule has 1 saturated heterocycles. The third-order valence-electron chi connectivity index (χ3n) is 5.88. The van der Waals surface area contributed by atoms with Crippen molar-refractivity contribution in [1.29, 1.82) is 0 Å². The van der Waals surface area contributed by atoms with Gasteiger partial charge in [0.2, 0.25) is 0 Å². The molecule has 7 heteroatoms. The van der Waals surface area contributed by atoms with Crippen LogP contribution in [0.1, 0.15) is 11.1 Å². The van der Waals surface area contributed by atoms with Crippen LogP contribution in [-0.4, -0.2) is 60.9 Å². The molecule has 0 spiro atoms. The molecule has 1 fully saturated rings. The summed E-state index contributed by atoms with van der Waals surface area (Å²) in [6.45, 7) is 6.79. The lowest BCUT2D eigenvalue weighted by Crippen LogP contribution is -2.50. The summed E-state index contributed by atoms with van der Waals surface area (Å²) >= 11 is 0. The molecule has 0 radical (unpaired) electrons. The zero-order valence-corrected chi connectivity index (χ0v) is 18.7. The Balaban J connectivity index is 1.31. The SMILES string of the molecule is COc1cccc(-c2ccc(N3CCN(C(=O)COc4cccc(C)c4C)CC3)nn2)c1. The van der Waals surface area contributed by atoms with Crippen molar-refractivity contribution in [1.82, 2.24) is 15.1 Å². The molecule has 0 N–H and O–H groups in total. The summed E-state index contributed by atoms with van der Waals surface area (Å²) in [7, 11) is 1.65. The molecule has 4 rings (SSSR count). The Bertz CT molecular complexity index is 1080. The lowest BCUT2D eigenvalue weighted by molar-refractivity contribution is -0.133. The van der Waals surface area contributed by atoms with Crippen LogP contribution < -0.4 is 14.4 Å². The number of rotatable bonds is 6. The van der Waals surface area contributed by atoms with Gasteiger partial charge in [-0.05, 0) is 55.3 Å². The summed E-state index contributed by atoms with van der Waals surface area (Å²) in [5.41, 5.74) is 3.98. The molecule has 1 aliphatic heterocycles. The Labute approximate surface area is 188 Å². The summed E-state index contributed by atoms with van der Waals surface area (Å²) in [6.07, 6.45) is 0. The van der Waals surface area contributed by atoms with Crippen LogP contribution in [0, 0.1) is 13.8 Å². The smallest absolute Gasteiger partial charge is 0.260 e. The average Bonchev–Trinajstić information content (AvgIpc) is 2.85. The Hall–Kier alpha value is -3.61. The van der Waals surface area contributed by atoms with Crippen LogP contribution in [0.3, 0.4) is 0 Å². The highest BCUT2D eigenvalue weighted by Gasteiger charge is 2.22. The van der Waals surface area contributed by atoms with Gasteiger partial charge in [-0.2, -0.15) is 0 Å². The molecular weight excluding hydrogens is 404 g/mol. The number of aryl methyl sites for hydroxylation is 1. The van der Waals surface area contributed by atoms with Gasteiger partial charge in [0.15, 0.2) is 12.4 Å². The molecule has 166 valence electrons. The largest absolute Gasteiger partial charge is 0.497 e. The van der Waals surface area contributed by atoms with Gasteiger partial charge in [0.1, 0.15) is 11.5 Å². The minimum absolute atomic E-state index is 0.00464. The van der Waals surface area contributed by atoms with Gasteiger partial charge in [-0.1, -0.05) is 24.3 Å². The van der Waals surface area contributed by atoms with Crippen LogP contribution in [0.5, 0.6) is 11.5 Å². The number of amides is 1. The molecule has 7 nitrogen and oxygen atoms in total. The molecule has 2 heterocycles. The first-order valence-electron chi connectivity index (χ1n) is 10.7. The van der Waals surface area contributed by atoms with E-state index in [0.29, 0.717) is 26.2 Å². The van der Waals surface area contributed by atoms with Crippen molar-refractivity contribution in [3.05, 3.63) is 65.7 Å². The van der Waals surface area contributed by atoms with Crippen molar-refractivity contribution in [3.8, 4) is 22.8 Å². The fourth-order valence-electron chi connectivity index (χ4n) is 3.73. The molecule has 1 aromatic heterocycles. The third-order valence-corrected chi connectivity index (χ3v) is 5.88. The number of piperazine rings is 1. The highest BCUT2D eigenvalue weighted by molar-refractivity contribution is 5.78. The average molecular weight is 433 g/mol. The molecular formula is C25H28N4O3. The van der Waals surface area contributed by atoms with E-state index in [4.69, 9.17) is 9.47 Å². The van der Waals surface area contributed by atoms with E-state index in [2.05, 4.69) is 15.1 Å². The topological polar surface area (TPSA) is 67.8 Å². The normalized spacial score (nSPS) is 13.7. The molecule has 3 aromatic rings. The predicted octanol–water partition coefficient (Wildman–Crippen LogP) is 3.50. The summed E-state index contributed by atoms with van der Waals surface area (Å²) in [4.78, 5) is 16.6. The van der Waals surface area contributed by atoms with Crippen LogP contribution in [-0.2, 0) is 4.79 Å². The zero-order valence-electron chi connectivity index (χ0n) is 18.7. The molecule has 32 heavy (non-hydrogen) atoms. The molecule has 0 bridgehead atoms. The minimum Gasteiger partial charge on any atom is -0.497 e.